The highest BCUT2D eigenvalue weighted by Gasteiger charge is 2.29. The second-order valence-corrected chi connectivity index (χ2v) is 7.60. The van der Waals surface area contributed by atoms with Gasteiger partial charge in [0.15, 0.2) is 0 Å². The van der Waals surface area contributed by atoms with Gasteiger partial charge in [0.05, 0.1) is 18.8 Å². The van der Waals surface area contributed by atoms with E-state index in [2.05, 4.69) is 42.1 Å². The lowest BCUT2D eigenvalue weighted by Crippen LogP contribution is -2.51. The number of morpholine rings is 1. The Kier molecular flexibility index (Phi) is 4.54. The molecule has 0 atom stereocenters. The number of nitrogens with one attached hydrogen (secondary N) is 1. The fourth-order valence-corrected chi connectivity index (χ4v) is 3.22. The van der Waals surface area contributed by atoms with Crippen LogP contribution in [0.3, 0.4) is 0 Å². The van der Waals surface area contributed by atoms with E-state index in [1.54, 1.807) is 0 Å². The van der Waals surface area contributed by atoms with E-state index in [1.165, 1.54) is 5.52 Å². The highest BCUT2D eigenvalue weighted by molar-refractivity contribution is 5.93. The average molecular weight is 329 g/mol. The molecule has 1 aromatic heterocycles. The van der Waals surface area contributed by atoms with Crippen LogP contribution in [0.25, 0.3) is 10.9 Å². The van der Waals surface area contributed by atoms with Crippen molar-refractivity contribution < 1.29 is 9.53 Å². The molecule has 3 rings (SSSR count). The molecule has 1 N–H and O–H groups in total. The molecule has 5 heteroatoms. The van der Waals surface area contributed by atoms with Gasteiger partial charge in [-0.1, -0.05) is 13.8 Å². The van der Waals surface area contributed by atoms with Crippen molar-refractivity contribution in [2.45, 2.75) is 39.8 Å². The molecule has 0 radical (unpaired) electrons. The standard InChI is InChI=1S/C19H27N3O2/c1-14(2)12-21-8-7-15-11-16(5-6-17(15)21)20-18(23)22-9-10-24-19(3,4)13-22/h5-8,11,14H,9-10,12-13H2,1-4H3,(H,20,23). The van der Waals surface area contributed by atoms with E-state index < -0.39 is 0 Å². The summed E-state index contributed by atoms with van der Waals surface area (Å²) in [6.45, 7) is 11.3. The highest BCUT2D eigenvalue weighted by Crippen LogP contribution is 2.23. The Morgan fingerprint density at radius 3 is 2.83 bits per heavy atom. The van der Waals surface area contributed by atoms with Crippen LogP contribution in [0, 0.1) is 5.92 Å². The van der Waals surface area contributed by atoms with Crippen molar-refractivity contribution >= 4 is 22.6 Å². The fraction of sp³-hybridized carbons (Fsp3) is 0.526. The highest BCUT2D eigenvalue weighted by atomic mass is 16.5. The van der Waals surface area contributed by atoms with Crippen molar-refractivity contribution in [2.75, 3.05) is 25.0 Å². The summed E-state index contributed by atoms with van der Waals surface area (Å²) in [5.74, 6) is 0.602. The predicted molar refractivity (Wildman–Crippen MR) is 97.4 cm³/mol. The number of benzene rings is 1. The molecule has 5 nitrogen and oxygen atoms in total. The predicted octanol–water partition coefficient (Wildman–Crippen LogP) is 3.94. The molecule has 1 aliphatic heterocycles. The molecule has 2 heterocycles. The summed E-state index contributed by atoms with van der Waals surface area (Å²) < 4.78 is 7.92. The molecular formula is C19H27N3O2. The van der Waals surface area contributed by atoms with Crippen LogP contribution in [-0.4, -0.2) is 40.8 Å². The Morgan fingerprint density at radius 1 is 1.33 bits per heavy atom. The van der Waals surface area contributed by atoms with Crippen molar-refractivity contribution in [1.29, 1.82) is 0 Å². The lowest BCUT2D eigenvalue weighted by molar-refractivity contribution is -0.0720. The summed E-state index contributed by atoms with van der Waals surface area (Å²) in [7, 11) is 0. The average Bonchev–Trinajstić information content (AvgIpc) is 2.88. The van der Waals surface area contributed by atoms with Gasteiger partial charge in [0.25, 0.3) is 0 Å². The first kappa shape index (κ1) is 16.8. The van der Waals surface area contributed by atoms with Crippen molar-refractivity contribution in [3.05, 3.63) is 30.5 Å². The zero-order valence-corrected chi connectivity index (χ0v) is 15.0. The van der Waals surface area contributed by atoms with Crippen molar-refractivity contribution in [3.63, 3.8) is 0 Å². The van der Waals surface area contributed by atoms with Crippen molar-refractivity contribution in [1.82, 2.24) is 9.47 Å². The van der Waals surface area contributed by atoms with Crippen molar-refractivity contribution in [2.24, 2.45) is 5.92 Å². The molecular weight excluding hydrogens is 302 g/mol. The summed E-state index contributed by atoms with van der Waals surface area (Å²) in [5, 5.41) is 4.16. The molecule has 2 aromatic rings. The van der Waals surface area contributed by atoms with E-state index in [0.717, 1.165) is 17.6 Å². The largest absolute Gasteiger partial charge is 0.372 e. The van der Waals surface area contributed by atoms with Crippen LogP contribution in [0.1, 0.15) is 27.7 Å². The van der Waals surface area contributed by atoms with Gasteiger partial charge in [0.2, 0.25) is 0 Å². The number of rotatable bonds is 3. The maximum Gasteiger partial charge on any atom is 0.322 e. The van der Waals surface area contributed by atoms with Crippen LogP contribution >= 0.6 is 0 Å². The third kappa shape index (κ3) is 3.73. The third-order valence-electron chi connectivity index (χ3n) is 4.30. The van der Waals surface area contributed by atoms with Crippen LogP contribution in [0.5, 0.6) is 0 Å². The topological polar surface area (TPSA) is 46.5 Å². The van der Waals surface area contributed by atoms with Crippen LogP contribution in [0.2, 0.25) is 0 Å². The molecule has 1 aromatic carbocycles. The number of anilines is 1. The van der Waals surface area contributed by atoms with Gasteiger partial charge in [0, 0.05) is 35.9 Å². The third-order valence-corrected chi connectivity index (χ3v) is 4.30. The molecule has 0 bridgehead atoms. The number of carbonyl (C=O) groups is 1. The summed E-state index contributed by atoms with van der Waals surface area (Å²) in [5.41, 5.74) is 1.75. The fourth-order valence-electron chi connectivity index (χ4n) is 3.22. The van der Waals surface area contributed by atoms with E-state index in [-0.39, 0.29) is 11.6 Å². The molecule has 130 valence electrons. The normalized spacial score (nSPS) is 17.5. The van der Waals surface area contributed by atoms with Crippen LogP contribution < -0.4 is 5.32 Å². The summed E-state index contributed by atoms with van der Waals surface area (Å²) in [6, 6.07) is 8.13. The van der Waals surface area contributed by atoms with E-state index in [9.17, 15) is 4.79 Å². The Morgan fingerprint density at radius 2 is 2.12 bits per heavy atom. The monoisotopic (exact) mass is 329 g/mol. The van der Waals surface area contributed by atoms with E-state index in [0.29, 0.717) is 25.6 Å². The summed E-state index contributed by atoms with van der Waals surface area (Å²) in [4.78, 5) is 14.3. The minimum Gasteiger partial charge on any atom is -0.372 e. The number of urea groups is 1. The maximum atomic E-state index is 12.5. The molecule has 1 saturated heterocycles. The second kappa shape index (κ2) is 6.48. The molecule has 1 aliphatic rings. The molecule has 0 spiro atoms. The lowest BCUT2D eigenvalue weighted by Gasteiger charge is -2.38. The smallest absolute Gasteiger partial charge is 0.322 e. The van der Waals surface area contributed by atoms with Gasteiger partial charge < -0.3 is 19.5 Å². The second-order valence-electron chi connectivity index (χ2n) is 7.60. The lowest BCUT2D eigenvalue weighted by atomic mass is 10.1. The minimum absolute atomic E-state index is 0.0626. The number of amides is 2. The van der Waals surface area contributed by atoms with Crippen LogP contribution in [-0.2, 0) is 11.3 Å². The first-order chi connectivity index (χ1) is 11.3. The van der Waals surface area contributed by atoms with Gasteiger partial charge in [-0.15, -0.1) is 0 Å². The number of hydrogen-bond acceptors (Lipinski definition) is 2. The van der Waals surface area contributed by atoms with E-state index >= 15 is 0 Å². The number of aromatic nitrogens is 1. The molecule has 24 heavy (non-hydrogen) atoms. The molecule has 0 saturated carbocycles. The Labute approximate surface area is 143 Å². The summed E-state index contributed by atoms with van der Waals surface area (Å²) in [6.07, 6.45) is 2.11. The zero-order chi connectivity index (χ0) is 17.3. The Bertz CT molecular complexity index is 733. The minimum atomic E-state index is -0.284. The first-order valence-electron chi connectivity index (χ1n) is 8.63. The molecule has 0 aliphatic carbocycles. The number of hydrogen-bond donors (Lipinski definition) is 1. The van der Waals surface area contributed by atoms with Gasteiger partial charge in [-0.25, -0.2) is 4.79 Å². The van der Waals surface area contributed by atoms with E-state index in [1.807, 2.05) is 30.9 Å². The molecule has 1 fully saturated rings. The van der Waals surface area contributed by atoms with Gasteiger partial charge in [-0.3, -0.25) is 0 Å². The van der Waals surface area contributed by atoms with Gasteiger partial charge in [0.1, 0.15) is 0 Å². The molecule has 2 amide bonds. The summed E-state index contributed by atoms with van der Waals surface area (Å²) >= 11 is 0. The maximum absolute atomic E-state index is 12.5. The van der Waals surface area contributed by atoms with Crippen LogP contribution in [0.4, 0.5) is 10.5 Å². The number of fused-ring (bicyclic) bond motifs is 1. The van der Waals surface area contributed by atoms with E-state index in [4.69, 9.17) is 4.74 Å². The number of carbonyl (C=O) groups excluding carboxylic acids is 1. The Hall–Kier alpha value is -2.01. The quantitative estimate of drug-likeness (QED) is 0.927. The SMILES string of the molecule is CC(C)Cn1ccc2cc(NC(=O)N3CCOC(C)(C)C3)ccc21. The first-order valence-corrected chi connectivity index (χ1v) is 8.63. The number of nitrogens with zero attached hydrogens (tertiary/aromatic N) is 2. The molecule has 0 unspecified atom stereocenters. The zero-order valence-electron chi connectivity index (χ0n) is 15.0. The number of ether oxygens (including phenoxy) is 1. The Balaban J connectivity index is 1.72. The van der Waals surface area contributed by atoms with Crippen molar-refractivity contribution in [3.8, 4) is 0 Å². The van der Waals surface area contributed by atoms with Gasteiger partial charge in [-0.05, 0) is 44.0 Å². The van der Waals surface area contributed by atoms with Gasteiger partial charge in [-0.2, -0.15) is 0 Å². The van der Waals surface area contributed by atoms with Gasteiger partial charge >= 0.3 is 6.03 Å². The van der Waals surface area contributed by atoms with Crippen LogP contribution in [0.15, 0.2) is 30.5 Å².